The molecular weight excluding hydrogens is 140 g/mol. The highest BCUT2D eigenvalue weighted by Crippen LogP contribution is 2.12. The number of nitrogens with zero attached hydrogens (tertiary/aromatic N) is 1. The molecule has 0 aliphatic carbocycles. The molecule has 66 valence electrons. The van der Waals surface area contributed by atoms with Crippen LogP contribution in [0.3, 0.4) is 0 Å². The fourth-order valence-electron chi connectivity index (χ4n) is 1.26. The SMILES string of the molecule is CN(C)NCC1CCOCC1. The first-order valence-corrected chi connectivity index (χ1v) is 4.27. The third-order valence-corrected chi connectivity index (χ3v) is 2.04. The van der Waals surface area contributed by atoms with Crippen molar-refractivity contribution < 1.29 is 4.74 Å². The Balaban J connectivity index is 2.05. The van der Waals surface area contributed by atoms with E-state index in [1.807, 2.05) is 19.1 Å². The van der Waals surface area contributed by atoms with Crippen molar-refractivity contribution in [3.8, 4) is 0 Å². The number of hydrazine groups is 1. The Labute approximate surface area is 68.7 Å². The van der Waals surface area contributed by atoms with E-state index >= 15 is 0 Å². The molecule has 0 amide bonds. The predicted octanol–water partition coefficient (Wildman–Crippen LogP) is 0.479. The molecule has 0 aromatic heterocycles. The van der Waals surface area contributed by atoms with E-state index < -0.39 is 0 Å². The molecule has 0 unspecified atom stereocenters. The van der Waals surface area contributed by atoms with Crippen molar-refractivity contribution in [1.29, 1.82) is 0 Å². The largest absolute Gasteiger partial charge is 0.381 e. The molecule has 0 spiro atoms. The summed E-state index contributed by atoms with van der Waals surface area (Å²) in [7, 11) is 4.05. The summed E-state index contributed by atoms with van der Waals surface area (Å²) in [6.07, 6.45) is 2.42. The third kappa shape index (κ3) is 3.70. The summed E-state index contributed by atoms with van der Waals surface area (Å²) in [6, 6.07) is 0. The van der Waals surface area contributed by atoms with Crippen molar-refractivity contribution >= 4 is 0 Å². The number of hydrogen-bond acceptors (Lipinski definition) is 3. The molecule has 0 bridgehead atoms. The molecule has 3 heteroatoms. The summed E-state index contributed by atoms with van der Waals surface area (Å²) in [5.41, 5.74) is 3.29. The van der Waals surface area contributed by atoms with Crippen LogP contribution in [-0.2, 0) is 4.74 Å². The van der Waals surface area contributed by atoms with Gasteiger partial charge in [0.1, 0.15) is 0 Å². The molecule has 0 saturated carbocycles. The van der Waals surface area contributed by atoms with E-state index in [0.717, 1.165) is 25.7 Å². The Morgan fingerprint density at radius 1 is 1.36 bits per heavy atom. The molecule has 1 aliphatic heterocycles. The smallest absolute Gasteiger partial charge is 0.0469 e. The van der Waals surface area contributed by atoms with Gasteiger partial charge in [0.25, 0.3) is 0 Å². The fourth-order valence-corrected chi connectivity index (χ4v) is 1.26. The van der Waals surface area contributed by atoms with E-state index in [0.29, 0.717) is 0 Å². The van der Waals surface area contributed by atoms with E-state index in [4.69, 9.17) is 4.74 Å². The molecule has 11 heavy (non-hydrogen) atoms. The van der Waals surface area contributed by atoms with Crippen LogP contribution in [0.5, 0.6) is 0 Å². The monoisotopic (exact) mass is 158 g/mol. The van der Waals surface area contributed by atoms with Crippen LogP contribution in [0.1, 0.15) is 12.8 Å². The molecule has 1 heterocycles. The maximum atomic E-state index is 5.27. The Bertz CT molecular complexity index is 100. The van der Waals surface area contributed by atoms with Gasteiger partial charge in [-0.1, -0.05) is 0 Å². The van der Waals surface area contributed by atoms with Crippen molar-refractivity contribution in [2.75, 3.05) is 33.9 Å². The molecule has 3 nitrogen and oxygen atoms in total. The molecule has 1 N–H and O–H groups in total. The zero-order valence-corrected chi connectivity index (χ0v) is 7.47. The van der Waals surface area contributed by atoms with Crippen molar-refractivity contribution in [1.82, 2.24) is 10.4 Å². The average molecular weight is 158 g/mol. The normalized spacial score (nSPS) is 21.0. The van der Waals surface area contributed by atoms with Crippen molar-refractivity contribution in [2.24, 2.45) is 5.92 Å². The van der Waals surface area contributed by atoms with Crippen LogP contribution < -0.4 is 5.43 Å². The molecule has 1 aliphatic rings. The van der Waals surface area contributed by atoms with Gasteiger partial charge in [-0.2, -0.15) is 0 Å². The van der Waals surface area contributed by atoms with Crippen LogP contribution in [0, 0.1) is 5.92 Å². The minimum absolute atomic E-state index is 0.811. The Hall–Kier alpha value is -0.120. The second kappa shape index (κ2) is 4.70. The summed E-state index contributed by atoms with van der Waals surface area (Å²) in [5, 5.41) is 2.01. The minimum atomic E-state index is 0.811. The summed E-state index contributed by atoms with van der Waals surface area (Å²) in [6.45, 7) is 2.98. The first kappa shape index (κ1) is 8.97. The highest BCUT2D eigenvalue weighted by atomic mass is 16.5. The van der Waals surface area contributed by atoms with Crippen LogP contribution in [0.25, 0.3) is 0 Å². The number of hydrogen-bond donors (Lipinski definition) is 1. The Morgan fingerprint density at radius 2 is 2.00 bits per heavy atom. The molecule has 0 radical (unpaired) electrons. The predicted molar refractivity (Wildman–Crippen MR) is 45.2 cm³/mol. The maximum absolute atomic E-state index is 5.27. The lowest BCUT2D eigenvalue weighted by atomic mass is 10.0. The van der Waals surface area contributed by atoms with Gasteiger partial charge < -0.3 is 4.74 Å². The first-order chi connectivity index (χ1) is 5.29. The zero-order chi connectivity index (χ0) is 8.10. The number of nitrogens with one attached hydrogen (secondary N) is 1. The van der Waals surface area contributed by atoms with Crippen LogP contribution in [0.4, 0.5) is 0 Å². The molecule has 1 rings (SSSR count). The highest BCUT2D eigenvalue weighted by molar-refractivity contribution is 4.64. The van der Waals surface area contributed by atoms with Gasteiger partial charge in [-0.05, 0) is 18.8 Å². The van der Waals surface area contributed by atoms with Crippen LogP contribution in [0.15, 0.2) is 0 Å². The molecular formula is C8H18N2O. The topological polar surface area (TPSA) is 24.5 Å². The van der Waals surface area contributed by atoms with Crippen molar-refractivity contribution in [3.63, 3.8) is 0 Å². The van der Waals surface area contributed by atoms with Gasteiger partial charge in [-0.25, -0.2) is 0 Å². The van der Waals surface area contributed by atoms with Gasteiger partial charge in [0.2, 0.25) is 0 Å². The van der Waals surface area contributed by atoms with Crippen molar-refractivity contribution in [2.45, 2.75) is 12.8 Å². The minimum Gasteiger partial charge on any atom is -0.381 e. The highest BCUT2D eigenvalue weighted by Gasteiger charge is 2.12. The average Bonchev–Trinajstić information content (AvgIpc) is 2.03. The van der Waals surface area contributed by atoms with Gasteiger partial charge in [0.05, 0.1) is 0 Å². The molecule has 0 aromatic rings. The molecule has 0 aromatic carbocycles. The summed E-state index contributed by atoms with van der Waals surface area (Å²) in [5.74, 6) is 0.811. The Kier molecular flexibility index (Phi) is 3.83. The van der Waals surface area contributed by atoms with E-state index in [1.165, 1.54) is 12.8 Å². The molecule has 0 atom stereocenters. The zero-order valence-electron chi connectivity index (χ0n) is 7.47. The lowest BCUT2D eigenvalue weighted by molar-refractivity contribution is 0.0607. The van der Waals surface area contributed by atoms with Crippen LogP contribution in [0.2, 0.25) is 0 Å². The van der Waals surface area contributed by atoms with E-state index in [9.17, 15) is 0 Å². The summed E-state index contributed by atoms with van der Waals surface area (Å²) >= 11 is 0. The molecule has 1 saturated heterocycles. The quantitative estimate of drug-likeness (QED) is 0.605. The van der Waals surface area contributed by atoms with Gasteiger partial charge in [-0.3, -0.25) is 10.4 Å². The molecule has 1 fully saturated rings. The third-order valence-electron chi connectivity index (χ3n) is 2.04. The van der Waals surface area contributed by atoms with Gasteiger partial charge >= 0.3 is 0 Å². The lowest BCUT2D eigenvalue weighted by Gasteiger charge is -2.23. The Morgan fingerprint density at radius 3 is 2.55 bits per heavy atom. The van der Waals surface area contributed by atoms with Gasteiger partial charge in [0.15, 0.2) is 0 Å². The fraction of sp³-hybridized carbons (Fsp3) is 1.00. The van der Waals surface area contributed by atoms with E-state index in [2.05, 4.69) is 5.43 Å². The second-order valence-corrected chi connectivity index (χ2v) is 3.31. The van der Waals surface area contributed by atoms with Gasteiger partial charge in [0, 0.05) is 33.9 Å². The number of rotatable bonds is 3. The summed E-state index contributed by atoms with van der Waals surface area (Å²) in [4.78, 5) is 0. The summed E-state index contributed by atoms with van der Waals surface area (Å²) < 4.78 is 5.27. The first-order valence-electron chi connectivity index (χ1n) is 4.27. The maximum Gasteiger partial charge on any atom is 0.0469 e. The number of ether oxygens (including phenoxy) is 1. The van der Waals surface area contributed by atoms with Crippen LogP contribution in [-0.4, -0.2) is 38.9 Å². The van der Waals surface area contributed by atoms with E-state index in [-0.39, 0.29) is 0 Å². The van der Waals surface area contributed by atoms with Crippen molar-refractivity contribution in [3.05, 3.63) is 0 Å². The lowest BCUT2D eigenvalue weighted by Crippen LogP contribution is -2.36. The standard InChI is InChI=1S/C8H18N2O/c1-10(2)9-7-8-3-5-11-6-4-8/h8-9H,3-7H2,1-2H3. The second-order valence-electron chi connectivity index (χ2n) is 3.31. The van der Waals surface area contributed by atoms with E-state index in [1.54, 1.807) is 0 Å². The van der Waals surface area contributed by atoms with Crippen LogP contribution >= 0.6 is 0 Å². The van der Waals surface area contributed by atoms with Gasteiger partial charge in [-0.15, -0.1) is 0 Å².